The number of esters is 1. The molecule has 2 aliphatic heterocycles. The van der Waals surface area contributed by atoms with E-state index in [9.17, 15) is 9.18 Å². The second-order valence-electron chi connectivity index (χ2n) is 9.83. The number of hydrogen-bond acceptors (Lipinski definition) is 9. The number of ether oxygens (including phenoxy) is 4. The lowest BCUT2D eigenvalue weighted by Crippen LogP contribution is -2.27. The first-order valence-electron chi connectivity index (χ1n) is 12.4. The molecule has 39 heavy (non-hydrogen) atoms. The number of benzene rings is 2. The Kier molecular flexibility index (Phi) is 6.24. The Bertz CT molecular complexity index is 1560. The Morgan fingerprint density at radius 2 is 1.95 bits per heavy atom. The lowest BCUT2D eigenvalue weighted by atomic mass is 10.2. The van der Waals surface area contributed by atoms with Gasteiger partial charge in [-0.15, -0.1) is 0 Å². The third-order valence-corrected chi connectivity index (χ3v) is 6.52. The van der Waals surface area contributed by atoms with Gasteiger partial charge in [-0.2, -0.15) is 0 Å². The van der Waals surface area contributed by atoms with Crippen LogP contribution in [0.2, 0.25) is 0 Å². The van der Waals surface area contributed by atoms with Gasteiger partial charge in [0.05, 0.1) is 5.56 Å². The number of imidazole rings is 1. The Hall–Kier alpha value is -4.35. The van der Waals surface area contributed by atoms with E-state index >= 15 is 0 Å². The van der Waals surface area contributed by atoms with Gasteiger partial charge in [-0.25, -0.2) is 24.1 Å². The van der Waals surface area contributed by atoms with Gasteiger partial charge >= 0.3 is 5.97 Å². The molecule has 0 amide bonds. The highest BCUT2D eigenvalue weighted by Gasteiger charge is 2.55. The molecule has 0 radical (unpaired) electrons. The van der Waals surface area contributed by atoms with E-state index in [0.717, 1.165) is 5.56 Å². The summed E-state index contributed by atoms with van der Waals surface area (Å²) in [5.41, 5.74) is 2.27. The van der Waals surface area contributed by atoms with E-state index in [1.165, 1.54) is 24.7 Å². The summed E-state index contributed by atoms with van der Waals surface area (Å²) in [7, 11) is 1.85. The number of hydrogen-bond donors (Lipinski definition) is 0. The molecule has 11 heteroatoms. The van der Waals surface area contributed by atoms with Gasteiger partial charge in [0.2, 0.25) is 6.23 Å². The predicted octanol–water partition coefficient (Wildman–Crippen LogP) is 4.35. The molecule has 2 aromatic heterocycles. The number of carbonyl (C=O) groups is 1. The second kappa shape index (κ2) is 9.75. The van der Waals surface area contributed by atoms with Gasteiger partial charge in [0.25, 0.3) is 0 Å². The molecule has 10 nitrogen and oxygen atoms in total. The minimum absolute atomic E-state index is 0.300. The van der Waals surface area contributed by atoms with Gasteiger partial charge in [-0.1, -0.05) is 30.3 Å². The molecule has 200 valence electrons. The maximum Gasteiger partial charge on any atom is 0.343 e. The van der Waals surface area contributed by atoms with E-state index in [2.05, 4.69) is 15.0 Å². The summed E-state index contributed by atoms with van der Waals surface area (Å²) in [6, 6.07) is 15.1. The number of anilines is 1. The van der Waals surface area contributed by atoms with E-state index in [-0.39, 0.29) is 5.82 Å². The average Bonchev–Trinajstić information content (AvgIpc) is 3.58. The molecule has 1 unspecified atom stereocenters. The highest BCUT2D eigenvalue weighted by molar-refractivity contribution is 5.89. The van der Waals surface area contributed by atoms with Crippen molar-refractivity contribution in [3.05, 3.63) is 96.2 Å². The lowest BCUT2D eigenvalue weighted by molar-refractivity contribution is -0.174. The minimum atomic E-state index is -0.887. The second-order valence-corrected chi connectivity index (χ2v) is 9.83. The summed E-state index contributed by atoms with van der Waals surface area (Å²) in [5, 5.41) is 0. The number of aromatic nitrogens is 4. The molecule has 2 aliphatic rings. The first kappa shape index (κ1) is 25.0. The number of nitrogens with zero attached hydrogens (tertiary/aromatic N) is 5. The van der Waals surface area contributed by atoms with Crippen LogP contribution in [0.4, 0.5) is 10.2 Å². The van der Waals surface area contributed by atoms with Crippen LogP contribution in [0.5, 0.6) is 0 Å². The first-order valence-corrected chi connectivity index (χ1v) is 12.4. The van der Waals surface area contributed by atoms with E-state index in [1.807, 2.05) is 37.9 Å². The van der Waals surface area contributed by atoms with Gasteiger partial charge < -0.3 is 23.8 Å². The molecule has 0 aliphatic carbocycles. The normalized spacial score (nSPS) is 22.6. The molecule has 3 atom stereocenters. The topological polar surface area (TPSA) is 101 Å². The van der Waals surface area contributed by atoms with Crippen LogP contribution in [-0.2, 0) is 25.5 Å². The maximum absolute atomic E-state index is 13.7. The average molecular weight is 532 g/mol. The van der Waals surface area contributed by atoms with Crippen LogP contribution in [0.25, 0.3) is 11.2 Å². The molecule has 2 aromatic carbocycles. The van der Waals surface area contributed by atoms with Crippen molar-refractivity contribution in [1.82, 2.24) is 19.5 Å². The van der Waals surface area contributed by atoms with Gasteiger partial charge in [0.1, 0.15) is 24.7 Å². The maximum atomic E-state index is 13.7. The van der Waals surface area contributed by atoms with Crippen molar-refractivity contribution in [2.24, 2.45) is 0 Å². The zero-order chi connectivity index (χ0) is 27.1. The predicted molar refractivity (Wildman–Crippen MR) is 138 cm³/mol. The monoisotopic (exact) mass is 531 g/mol. The summed E-state index contributed by atoms with van der Waals surface area (Å²) >= 11 is 0. The molecular weight excluding hydrogens is 505 g/mol. The van der Waals surface area contributed by atoms with Crippen molar-refractivity contribution in [3.8, 4) is 0 Å². The summed E-state index contributed by atoms with van der Waals surface area (Å²) in [5.74, 6) is -0.808. The summed E-state index contributed by atoms with van der Waals surface area (Å²) in [6.45, 7) is 4.04. The summed E-state index contributed by atoms with van der Waals surface area (Å²) in [4.78, 5) is 27.8. The number of fused-ring (bicyclic) bond motifs is 2. The molecular formula is C28H26FN5O5. The highest BCUT2D eigenvalue weighted by Crippen LogP contribution is 2.45. The van der Waals surface area contributed by atoms with Crippen LogP contribution in [0.3, 0.4) is 0 Å². The van der Waals surface area contributed by atoms with Crippen LogP contribution in [0.1, 0.15) is 36.0 Å². The van der Waals surface area contributed by atoms with Crippen molar-refractivity contribution < 1.29 is 28.1 Å². The molecule has 4 aromatic rings. The van der Waals surface area contributed by atoms with Gasteiger partial charge in [0, 0.05) is 13.6 Å². The molecule has 0 bridgehead atoms. The molecule has 0 saturated carbocycles. The first-order chi connectivity index (χ1) is 18.8. The largest absolute Gasteiger partial charge is 0.465 e. The van der Waals surface area contributed by atoms with E-state index < -0.39 is 30.2 Å². The van der Waals surface area contributed by atoms with Crippen molar-refractivity contribution in [3.63, 3.8) is 0 Å². The van der Waals surface area contributed by atoms with E-state index in [0.29, 0.717) is 34.8 Å². The molecule has 4 heterocycles. The SMILES string of the molecule is CN(Cc1cccc(F)c1)c1ncnc2c1ncn2C1O/C(=C/OC(=O)c2ccccc2)[C@H]2OC(C)(C)O[C@@H]12. The standard InChI is InChI=1S/C28H26FN5O5/c1-28(2)38-22-20(14-36-27(35)18-9-5-4-6-10-18)37-26(23(22)39-28)34-16-32-21-24(30-15-31-25(21)34)33(3)13-17-8-7-11-19(29)12-17/h4-12,14-16,22-23,26H,13H2,1-3H3/b20-14+/t22-,23-,26?/m1/s1. The molecule has 6 rings (SSSR count). The third-order valence-electron chi connectivity index (χ3n) is 6.52. The Morgan fingerprint density at radius 3 is 2.74 bits per heavy atom. The lowest BCUT2D eigenvalue weighted by Gasteiger charge is -2.23. The fourth-order valence-corrected chi connectivity index (χ4v) is 4.84. The Balaban J connectivity index is 1.29. The van der Waals surface area contributed by atoms with Crippen LogP contribution >= 0.6 is 0 Å². The van der Waals surface area contributed by atoms with Crippen LogP contribution in [-0.4, -0.2) is 50.5 Å². The highest BCUT2D eigenvalue weighted by atomic mass is 19.1. The van der Waals surface area contributed by atoms with Gasteiger partial charge in [-0.05, 0) is 43.7 Å². The van der Waals surface area contributed by atoms with Gasteiger partial charge in [-0.3, -0.25) is 4.57 Å². The third kappa shape index (κ3) is 4.82. The fourth-order valence-electron chi connectivity index (χ4n) is 4.84. The quantitative estimate of drug-likeness (QED) is 0.266. The van der Waals surface area contributed by atoms with E-state index in [1.54, 1.807) is 41.2 Å². The summed E-state index contributed by atoms with van der Waals surface area (Å²) < 4.78 is 39.3. The number of rotatable bonds is 6. The molecule has 0 N–H and O–H groups in total. The van der Waals surface area contributed by atoms with Crippen molar-refractivity contribution in [2.75, 3.05) is 11.9 Å². The molecule has 0 spiro atoms. The van der Waals surface area contributed by atoms with Crippen LogP contribution in [0.15, 0.2) is 79.3 Å². The summed E-state index contributed by atoms with van der Waals surface area (Å²) in [6.07, 6.45) is 2.46. The van der Waals surface area contributed by atoms with Gasteiger partial charge in [0.15, 0.2) is 40.7 Å². The van der Waals surface area contributed by atoms with E-state index in [4.69, 9.17) is 18.9 Å². The number of halogens is 1. The van der Waals surface area contributed by atoms with Crippen molar-refractivity contribution in [2.45, 2.75) is 44.6 Å². The fraction of sp³-hybridized carbons (Fsp3) is 0.286. The molecule has 2 saturated heterocycles. The van der Waals surface area contributed by atoms with Crippen LogP contribution < -0.4 is 4.90 Å². The number of carbonyl (C=O) groups excluding carboxylic acids is 1. The Morgan fingerprint density at radius 1 is 1.13 bits per heavy atom. The minimum Gasteiger partial charge on any atom is -0.465 e. The Labute approximate surface area is 223 Å². The molecule has 2 fully saturated rings. The zero-order valence-corrected chi connectivity index (χ0v) is 21.5. The van der Waals surface area contributed by atoms with Crippen molar-refractivity contribution >= 4 is 23.0 Å². The smallest absolute Gasteiger partial charge is 0.343 e. The van der Waals surface area contributed by atoms with Crippen LogP contribution in [0, 0.1) is 5.82 Å². The zero-order valence-electron chi connectivity index (χ0n) is 21.5. The van der Waals surface area contributed by atoms with Crippen molar-refractivity contribution in [1.29, 1.82) is 0 Å².